The Morgan fingerprint density at radius 3 is 2.46 bits per heavy atom. The van der Waals surface area contributed by atoms with E-state index in [2.05, 4.69) is 15.3 Å². The van der Waals surface area contributed by atoms with E-state index in [0.29, 0.717) is 6.04 Å². The third kappa shape index (κ3) is 3.52. The van der Waals surface area contributed by atoms with Crippen LogP contribution in [0.4, 0.5) is 10.6 Å². The Labute approximate surface area is 166 Å². The van der Waals surface area contributed by atoms with Crippen LogP contribution in [0.25, 0.3) is 11.0 Å². The highest BCUT2D eigenvalue weighted by molar-refractivity contribution is 5.89. The maximum absolute atomic E-state index is 12.1. The van der Waals surface area contributed by atoms with E-state index in [-0.39, 0.29) is 11.5 Å². The molecule has 4 rings (SSSR count). The van der Waals surface area contributed by atoms with Crippen LogP contribution < -0.4 is 5.32 Å². The Hall–Kier alpha value is -2.38. The van der Waals surface area contributed by atoms with E-state index in [1.165, 1.54) is 0 Å². The lowest BCUT2D eigenvalue weighted by molar-refractivity contribution is -0.0921. The van der Waals surface area contributed by atoms with E-state index in [1.807, 2.05) is 53.3 Å². The van der Waals surface area contributed by atoms with Gasteiger partial charge in [-0.15, -0.1) is 0 Å². The fourth-order valence-electron chi connectivity index (χ4n) is 4.18. The fraction of sp³-hybridized carbons (Fsp3) is 0.700. The van der Waals surface area contributed by atoms with E-state index in [4.69, 9.17) is 9.84 Å². The van der Waals surface area contributed by atoms with Crippen molar-refractivity contribution in [1.82, 2.24) is 24.6 Å². The zero-order chi connectivity index (χ0) is 20.7. The number of nitrogens with one attached hydrogen (secondary N) is 1. The molecule has 2 aromatic rings. The standard InChI is InChI=1S/C18H26N6O2.C2H6/c1-11-13-14(19-5)20-10-21-15(13)24(22-11)12-6-18(7-12)8-23(9-18)16(25)26-17(2,3)4;1-2/h10,12H,6-9H2,1-5H3,(H,19,20,21);1-2H3. The summed E-state index contributed by atoms with van der Waals surface area (Å²) in [5, 5.41) is 8.81. The van der Waals surface area contributed by atoms with Crippen LogP contribution >= 0.6 is 0 Å². The van der Waals surface area contributed by atoms with Crippen LogP contribution in [-0.2, 0) is 4.74 Å². The maximum Gasteiger partial charge on any atom is 0.410 e. The fourth-order valence-corrected chi connectivity index (χ4v) is 4.18. The molecule has 28 heavy (non-hydrogen) atoms. The van der Waals surface area contributed by atoms with Gasteiger partial charge in [0.05, 0.1) is 17.1 Å². The molecule has 8 heteroatoms. The first-order valence-corrected chi connectivity index (χ1v) is 10.1. The Bertz CT molecular complexity index is 855. The number of aryl methyl sites for hydroxylation is 1. The van der Waals surface area contributed by atoms with Gasteiger partial charge in [-0.1, -0.05) is 13.8 Å². The second-order valence-corrected chi connectivity index (χ2v) is 8.60. The Morgan fingerprint density at radius 2 is 1.89 bits per heavy atom. The Balaban J connectivity index is 0.00000109. The molecule has 3 heterocycles. The van der Waals surface area contributed by atoms with Gasteiger partial charge in [-0.2, -0.15) is 5.10 Å². The van der Waals surface area contributed by atoms with Gasteiger partial charge in [-0.3, -0.25) is 0 Å². The van der Waals surface area contributed by atoms with Crippen LogP contribution in [0.3, 0.4) is 0 Å². The van der Waals surface area contributed by atoms with Crippen molar-refractivity contribution >= 4 is 22.9 Å². The summed E-state index contributed by atoms with van der Waals surface area (Å²) < 4.78 is 7.48. The number of likely N-dealkylation sites (tertiary alicyclic amines) is 1. The first kappa shape index (κ1) is 20.4. The van der Waals surface area contributed by atoms with Crippen molar-refractivity contribution in [2.75, 3.05) is 25.5 Å². The zero-order valence-corrected chi connectivity index (χ0v) is 18.0. The van der Waals surface area contributed by atoms with Crippen LogP contribution in [0.1, 0.15) is 59.2 Å². The van der Waals surface area contributed by atoms with Crippen molar-refractivity contribution < 1.29 is 9.53 Å². The van der Waals surface area contributed by atoms with Gasteiger partial charge < -0.3 is 15.0 Å². The minimum atomic E-state index is -0.446. The average molecular weight is 389 g/mol. The first-order valence-electron chi connectivity index (χ1n) is 10.1. The van der Waals surface area contributed by atoms with Crippen molar-refractivity contribution in [3.8, 4) is 0 Å². The number of aromatic nitrogens is 4. The van der Waals surface area contributed by atoms with E-state index < -0.39 is 5.60 Å². The van der Waals surface area contributed by atoms with Gasteiger partial charge in [-0.05, 0) is 40.5 Å². The van der Waals surface area contributed by atoms with E-state index in [9.17, 15) is 4.79 Å². The summed E-state index contributed by atoms with van der Waals surface area (Å²) in [6.07, 6.45) is 3.40. The summed E-state index contributed by atoms with van der Waals surface area (Å²) in [5.74, 6) is 0.813. The summed E-state index contributed by atoms with van der Waals surface area (Å²) in [5.41, 5.74) is 1.59. The number of rotatable bonds is 2. The maximum atomic E-state index is 12.1. The van der Waals surface area contributed by atoms with Crippen LogP contribution in [0, 0.1) is 12.3 Å². The number of nitrogens with zero attached hydrogens (tertiary/aromatic N) is 5. The number of anilines is 1. The molecule has 0 unspecified atom stereocenters. The van der Waals surface area contributed by atoms with E-state index in [0.717, 1.165) is 48.5 Å². The number of fused-ring (bicyclic) bond motifs is 1. The van der Waals surface area contributed by atoms with Gasteiger partial charge >= 0.3 is 6.09 Å². The molecule has 1 amide bonds. The van der Waals surface area contributed by atoms with Crippen molar-refractivity contribution in [2.45, 2.75) is 66.0 Å². The number of hydrogen-bond acceptors (Lipinski definition) is 6. The van der Waals surface area contributed by atoms with Crippen LogP contribution in [0.5, 0.6) is 0 Å². The van der Waals surface area contributed by atoms with Gasteiger partial charge in [0, 0.05) is 25.6 Å². The zero-order valence-electron chi connectivity index (χ0n) is 18.0. The van der Waals surface area contributed by atoms with Crippen LogP contribution in [0.15, 0.2) is 6.33 Å². The summed E-state index contributed by atoms with van der Waals surface area (Å²) in [4.78, 5) is 22.7. The second kappa shape index (κ2) is 7.22. The lowest BCUT2D eigenvalue weighted by Gasteiger charge is -2.58. The molecular weight excluding hydrogens is 356 g/mol. The van der Waals surface area contributed by atoms with E-state index >= 15 is 0 Å². The van der Waals surface area contributed by atoms with Gasteiger partial charge in [0.1, 0.15) is 17.7 Å². The molecular formula is C20H32N6O2. The molecule has 1 N–H and O–H groups in total. The molecule has 1 saturated heterocycles. The molecule has 154 valence electrons. The topological polar surface area (TPSA) is 85.2 Å². The molecule has 1 spiro atoms. The molecule has 1 saturated carbocycles. The highest BCUT2D eigenvalue weighted by atomic mass is 16.6. The monoisotopic (exact) mass is 388 g/mol. The molecule has 0 radical (unpaired) electrons. The predicted molar refractivity (Wildman–Crippen MR) is 109 cm³/mol. The lowest BCUT2D eigenvalue weighted by atomic mass is 9.61. The largest absolute Gasteiger partial charge is 0.444 e. The molecule has 0 aromatic carbocycles. The van der Waals surface area contributed by atoms with Crippen molar-refractivity contribution in [3.05, 3.63) is 12.0 Å². The van der Waals surface area contributed by atoms with Gasteiger partial charge in [-0.25, -0.2) is 19.4 Å². The highest BCUT2D eigenvalue weighted by Gasteiger charge is 2.55. The minimum Gasteiger partial charge on any atom is -0.444 e. The minimum absolute atomic E-state index is 0.210. The van der Waals surface area contributed by atoms with Crippen molar-refractivity contribution in [3.63, 3.8) is 0 Å². The molecule has 2 fully saturated rings. The predicted octanol–water partition coefficient (Wildman–Crippen LogP) is 3.77. The number of amides is 1. The molecule has 1 aliphatic heterocycles. The van der Waals surface area contributed by atoms with E-state index in [1.54, 1.807) is 11.2 Å². The number of hydrogen-bond donors (Lipinski definition) is 1. The van der Waals surface area contributed by atoms with Gasteiger partial charge in [0.2, 0.25) is 0 Å². The summed E-state index contributed by atoms with van der Waals surface area (Å²) in [6.45, 7) is 13.2. The van der Waals surface area contributed by atoms with Crippen molar-refractivity contribution in [2.24, 2.45) is 5.41 Å². The molecule has 0 atom stereocenters. The summed E-state index contributed by atoms with van der Waals surface area (Å²) >= 11 is 0. The number of ether oxygens (including phenoxy) is 1. The molecule has 8 nitrogen and oxygen atoms in total. The third-order valence-corrected chi connectivity index (χ3v) is 5.29. The van der Waals surface area contributed by atoms with Crippen molar-refractivity contribution in [1.29, 1.82) is 0 Å². The SMILES string of the molecule is CC.CNc1ncnc2c1c(C)nn2C1CC2(C1)CN(C(=O)OC(C)(C)C)C2. The molecule has 2 aromatic heterocycles. The van der Waals surface area contributed by atoms with Gasteiger partial charge in [0.25, 0.3) is 0 Å². The first-order chi connectivity index (χ1) is 13.2. The molecule has 1 aliphatic carbocycles. The van der Waals surface area contributed by atoms with Crippen LogP contribution in [-0.4, -0.2) is 56.5 Å². The summed E-state index contributed by atoms with van der Waals surface area (Å²) in [6, 6.07) is 0.326. The second-order valence-electron chi connectivity index (χ2n) is 8.60. The smallest absolute Gasteiger partial charge is 0.410 e. The van der Waals surface area contributed by atoms with Crippen LogP contribution in [0.2, 0.25) is 0 Å². The average Bonchev–Trinajstić information content (AvgIpc) is 2.90. The third-order valence-electron chi connectivity index (χ3n) is 5.29. The lowest BCUT2D eigenvalue weighted by Crippen LogP contribution is -2.64. The normalized spacial score (nSPS) is 18.2. The Kier molecular flexibility index (Phi) is 5.25. The number of carbonyl (C=O) groups is 1. The summed E-state index contributed by atoms with van der Waals surface area (Å²) in [7, 11) is 1.86. The highest BCUT2D eigenvalue weighted by Crippen LogP contribution is 2.54. The number of carbonyl (C=O) groups excluding carboxylic acids is 1. The molecule has 2 aliphatic rings. The molecule has 0 bridgehead atoms. The quantitative estimate of drug-likeness (QED) is 0.843. The van der Waals surface area contributed by atoms with Gasteiger partial charge in [0.15, 0.2) is 5.65 Å². The Morgan fingerprint density at radius 1 is 1.25 bits per heavy atom.